The summed E-state index contributed by atoms with van der Waals surface area (Å²) in [5, 5.41) is 3.13. The van der Waals surface area contributed by atoms with Gasteiger partial charge in [0.05, 0.1) is 0 Å². The molecule has 76 valence electrons. The van der Waals surface area contributed by atoms with Crippen LogP contribution in [-0.2, 0) is 6.42 Å². The van der Waals surface area contributed by atoms with Gasteiger partial charge >= 0.3 is 23.1 Å². The molecule has 0 saturated carbocycles. The Hall–Kier alpha value is 1.43. The van der Waals surface area contributed by atoms with E-state index in [2.05, 4.69) is 34.3 Å². The summed E-state index contributed by atoms with van der Waals surface area (Å²) in [6.45, 7) is 2.24. The Labute approximate surface area is 126 Å². The first-order chi connectivity index (χ1) is 5.84. The molecule has 1 heterocycles. The van der Waals surface area contributed by atoms with Crippen LogP contribution in [0.25, 0.3) is 0 Å². The molecule has 0 aromatic carbocycles. The fourth-order valence-corrected chi connectivity index (χ4v) is 2.38. The summed E-state index contributed by atoms with van der Waals surface area (Å²) in [6.07, 6.45) is 6.57. The van der Waals surface area contributed by atoms with Gasteiger partial charge in [-0.05, 0) is 0 Å². The molecule has 4 heteroatoms. The third kappa shape index (κ3) is 6.83. The fraction of sp³-hybridized carbons (Fsp3) is 0.600. The van der Waals surface area contributed by atoms with Crippen molar-refractivity contribution >= 4 is 50.3 Å². The predicted octanol–water partition coefficient (Wildman–Crippen LogP) is 1.06. The molecule has 0 saturated heterocycles. The summed E-state index contributed by atoms with van der Waals surface area (Å²) < 4.78 is 1.26. The second-order valence-electron chi connectivity index (χ2n) is 2.97. The minimum absolute atomic E-state index is 0. The van der Waals surface area contributed by atoms with Gasteiger partial charge in [0.1, 0.15) is 0 Å². The number of unbranched alkanes of at least 4 members (excludes halogenated alkanes) is 3. The minimum atomic E-state index is 0. The third-order valence-corrected chi connectivity index (χ3v) is 3.61. The molecule has 0 aliphatic heterocycles. The van der Waals surface area contributed by atoms with Crippen molar-refractivity contribution in [2.75, 3.05) is 0 Å². The second kappa shape index (κ2) is 10.9. The number of aryl methyl sites for hydroxylation is 1. The molecule has 0 bridgehead atoms. The van der Waals surface area contributed by atoms with Crippen LogP contribution in [0.1, 0.15) is 38.2 Å². The van der Waals surface area contributed by atoms with Crippen LogP contribution in [0.2, 0.25) is 0 Å². The molecule has 1 aromatic heterocycles. The number of rotatable bonds is 5. The van der Waals surface area contributed by atoms with Crippen LogP contribution >= 0.6 is 27.3 Å². The number of halogens is 2. The molecule has 0 amide bonds. The largest absolute Gasteiger partial charge is 2.00 e. The molecular formula is C10H14Br2MgS. The maximum atomic E-state index is 3.52. The van der Waals surface area contributed by atoms with Crippen LogP contribution in [0, 0.1) is 5.38 Å². The molecule has 0 nitrogen and oxygen atoms in total. The Kier molecular flexibility index (Phi) is 13.9. The average Bonchev–Trinajstić information content (AvgIpc) is 2.46. The second-order valence-corrected chi connectivity index (χ2v) is 5.14. The maximum Gasteiger partial charge on any atom is 2.00 e. The van der Waals surface area contributed by atoms with Gasteiger partial charge in [-0.2, -0.15) is 11.6 Å². The minimum Gasteiger partial charge on any atom is -1.00 e. The summed E-state index contributed by atoms with van der Waals surface area (Å²) in [7, 11) is 0. The molecule has 1 rings (SSSR count). The van der Waals surface area contributed by atoms with Crippen molar-refractivity contribution in [2.45, 2.75) is 39.0 Å². The summed E-state index contributed by atoms with van der Waals surface area (Å²) in [5.41, 5.74) is 1.43. The molecule has 1 aromatic rings. The van der Waals surface area contributed by atoms with Crippen molar-refractivity contribution in [3.63, 3.8) is 0 Å². The Bertz CT molecular complexity index is 226. The Balaban J connectivity index is 0. The van der Waals surface area contributed by atoms with E-state index in [9.17, 15) is 0 Å². The Morgan fingerprint density at radius 1 is 1.36 bits per heavy atom. The summed E-state index contributed by atoms with van der Waals surface area (Å²) >= 11 is 5.18. The van der Waals surface area contributed by atoms with Gasteiger partial charge in [0.25, 0.3) is 0 Å². The van der Waals surface area contributed by atoms with Crippen molar-refractivity contribution in [3.8, 4) is 0 Å². The molecular weight excluding hydrogens is 336 g/mol. The van der Waals surface area contributed by atoms with Crippen LogP contribution in [0.5, 0.6) is 0 Å². The van der Waals surface area contributed by atoms with Crippen LogP contribution in [0.15, 0.2) is 9.85 Å². The van der Waals surface area contributed by atoms with Crippen molar-refractivity contribution in [3.05, 3.63) is 20.8 Å². The van der Waals surface area contributed by atoms with Gasteiger partial charge in [-0.25, -0.2) is 0 Å². The molecule has 0 aliphatic carbocycles. The van der Waals surface area contributed by atoms with E-state index >= 15 is 0 Å². The molecule has 0 N–H and O–H groups in total. The zero-order valence-electron chi connectivity index (χ0n) is 8.48. The van der Waals surface area contributed by atoms with Crippen molar-refractivity contribution in [1.29, 1.82) is 0 Å². The zero-order chi connectivity index (χ0) is 8.81. The molecule has 0 fully saturated rings. The third-order valence-electron chi connectivity index (χ3n) is 1.93. The van der Waals surface area contributed by atoms with Gasteiger partial charge in [0.2, 0.25) is 0 Å². The Morgan fingerprint density at radius 2 is 2.07 bits per heavy atom. The molecule has 0 aliphatic rings. The SMILES string of the molecule is CCCCCCc1c[c-]sc1Br.[Br-].[Mg+2]. The van der Waals surface area contributed by atoms with Gasteiger partial charge in [-0.3, -0.25) is 11.3 Å². The number of thiophene rings is 1. The van der Waals surface area contributed by atoms with E-state index in [1.54, 1.807) is 11.3 Å². The first kappa shape index (κ1) is 17.8. The number of hydrogen-bond donors (Lipinski definition) is 0. The molecule has 0 radical (unpaired) electrons. The predicted molar refractivity (Wildman–Crippen MR) is 64.5 cm³/mol. The van der Waals surface area contributed by atoms with Crippen molar-refractivity contribution < 1.29 is 17.0 Å². The molecule has 0 unspecified atom stereocenters. The molecule has 14 heavy (non-hydrogen) atoms. The van der Waals surface area contributed by atoms with Crippen LogP contribution in [0.4, 0.5) is 0 Å². The zero-order valence-corrected chi connectivity index (χ0v) is 13.9. The average molecular weight is 350 g/mol. The maximum absolute atomic E-state index is 3.52. The number of hydrogen-bond acceptors (Lipinski definition) is 1. The van der Waals surface area contributed by atoms with E-state index < -0.39 is 0 Å². The van der Waals surface area contributed by atoms with Crippen molar-refractivity contribution in [2.24, 2.45) is 0 Å². The van der Waals surface area contributed by atoms with Crippen LogP contribution in [-0.4, -0.2) is 23.1 Å². The monoisotopic (exact) mass is 348 g/mol. The van der Waals surface area contributed by atoms with Gasteiger partial charge in [-0.15, -0.1) is 21.3 Å². The van der Waals surface area contributed by atoms with E-state index in [-0.39, 0.29) is 40.0 Å². The van der Waals surface area contributed by atoms with Crippen molar-refractivity contribution in [1.82, 2.24) is 0 Å². The quantitative estimate of drug-likeness (QED) is 0.423. The van der Waals surface area contributed by atoms with E-state index in [1.165, 1.54) is 41.5 Å². The van der Waals surface area contributed by atoms with E-state index in [0.29, 0.717) is 0 Å². The summed E-state index contributed by atoms with van der Waals surface area (Å²) in [5.74, 6) is 0. The van der Waals surface area contributed by atoms with Gasteiger partial charge in [-0.1, -0.05) is 42.8 Å². The summed E-state index contributed by atoms with van der Waals surface area (Å²) in [6, 6.07) is 2.10. The van der Waals surface area contributed by atoms with E-state index in [0.717, 1.165) is 0 Å². The van der Waals surface area contributed by atoms with Gasteiger partial charge in [0, 0.05) is 0 Å². The first-order valence-electron chi connectivity index (χ1n) is 4.49. The topological polar surface area (TPSA) is 0 Å². The normalized spacial score (nSPS) is 9.00. The van der Waals surface area contributed by atoms with Gasteiger partial charge in [0.15, 0.2) is 0 Å². The Morgan fingerprint density at radius 3 is 2.57 bits per heavy atom. The molecule has 0 spiro atoms. The summed E-state index contributed by atoms with van der Waals surface area (Å²) in [4.78, 5) is 0. The van der Waals surface area contributed by atoms with E-state index in [1.807, 2.05) is 0 Å². The molecule has 0 atom stereocenters. The van der Waals surface area contributed by atoms with Gasteiger partial charge < -0.3 is 17.0 Å². The van der Waals surface area contributed by atoms with E-state index in [4.69, 9.17) is 0 Å². The first-order valence-corrected chi connectivity index (χ1v) is 6.09. The van der Waals surface area contributed by atoms with Crippen LogP contribution < -0.4 is 17.0 Å². The fourth-order valence-electron chi connectivity index (χ4n) is 1.19. The smallest absolute Gasteiger partial charge is 1.00 e. The van der Waals surface area contributed by atoms with Crippen LogP contribution in [0.3, 0.4) is 0 Å². The standard InChI is InChI=1S/C10H14BrS.BrH.Mg/c1-2-3-4-5-6-9-7-8-12-10(9)11;;/h7H,2-6H2,1H3;1H;/q-1;;+2/p-1.